The van der Waals surface area contributed by atoms with E-state index < -0.39 is 6.04 Å². The van der Waals surface area contributed by atoms with Gasteiger partial charge < -0.3 is 10.2 Å². The third-order valence-corrected chi connectivity index (χ3v) is 6.29. The summed E-state index contributed by atoms with van der Waals surface area (Å²) in [5, 5.41) is 11.4. The summed E-state index contributed by atoms with van der Waals surface area (Å²) in [7, 11) is 0. The Hall–Kier alpha value is -2.41. The van der Waals surface area contributed by atoms with Crippen molar-refractivity contribution in [3.63, 3.8) is 0 Å². The van der Waals surface area contributed by atoms with Gasteiger partial charge in [-0.05, 0) is 36.8 Å². The van der Waals surface area contributed by atoms with Crippen LogP contribution in [-0.4, -0.2) is 47.8 Å². The first-order valence-electron chi connectivity index (χ1n) is 9.41. The molecule has 1 aromatic carbocycles. The zero-order valence-electron chi connectivity index (χ0n) is 14.7. The van der Waals surface area contributed by atoms with Gasteiger partial charge in [0.25, 0.3) is 5.91 Å². The quantitative estimate of drug-likeness (QED) is 0.794. The van der Waals surface area contributed by atoms with Gasteiger partial charge in [-0.3, -0.25) is 19.6 Å². The lowest BCUT2D eigenvalue weighted by atomic mass is 9.73. The second kappa shape index (κ2) is 5.81. The van der Waals surface area contributed by atoms with E-state index in [2.05, 4.69) is 26.7 Å². The third kappa shape index (κ3) is 2.41. The van der Waals surface area contributed by atoms with Crippen molar-refractivity contribution in [2.75, 3.05) is 31.1 Å². The normalized spacial score (nSPS) is 25.4. The molecule has 3 fully saturated rings. The molecule has 4 heterocycles. The highest BCUT2D eigenvalue weighted by Gasteiger charge is 2.40. The van der Waals surface area contributed by atoms with Crippen molar-refractivity contribution in [1.82, 2.24) is 20.4 Å². The summed E-state index contributed by atoms with van der Waals surface area (Å²) in [5.74, 6) is -0.454. The second-order valence-electron chi connectivity index (χ2n) is 7.86. The topological polar surface area (TPSA) is 79.3 Å². The summed E-state index contributed by atoms with van der Waals surface area (Å²) in [6.07, 6.45) is 5.17. The SMILES string of the molecule is O=C1CC[C@@H](n2ncc3c(N4CCC5(CC4)CNC5)cccc32)C(=O)N1. The third-order valence-electron chi connectivity index (χ3n) is 6.29. The monoisotopic (exact) mass is 353 g/mol. The number of carbonyl (C=O) groups is 2. The van der Waals surface area contributed by atoms with Gasteiger partial charge in [-0.25, -0.2) is 0 Å². The van der Waals surface area contributed by atoms with Gasteiger partial charge in [0.1, 0.15) is 6.04 Å². The van der Waals surface area contributed by atoms with Crippen LogP contribution < -0.4 is 15.5 Å². The highest BCUT2D eigenvalue weighted by Crippen LogP contribution is 2.38. The predicted octanol–water partition coefficient (Wildman–Crippen LogP) is 1.20. The van der Waals surface area contributed by atoms with E-state index in [9.17, 15) is 9.59 Å². The maximum atomic E-state index is 12.2. The number of hydrogen-bond donors (Lipinski definition) is 2. The molecule has 3 aliphatic rings. The summed E-state index contributed by atoms with van der Waals surface area (Å²) >= 11 is 0. The van der Waals surface area contributed by atoms with Crippen molar-refractivity contribution in [3.8, 4) is 0 Å². The van der Waals surface area contributed by atoms with Gasteiger partial charge in [0, 0.05) is 43.7 Å². The van der Waals surface area contributed by atoms with Crippen LogP contribution >= 0.6 is 0 Å². The summed E-state index contributed by atoms with van der Waals surface area (Å²) in [6.45, 7) is 4.42. The van der Waals surface area contributed by atoms with Gasteiger partial charge in [-0.15, -0.1) is 0 Å². The molecule has 0 aliphatic carbocycles. The number of fused-ring (bicyclic) bond motifs is 1. The average Bonchev–Trinajstić information content (AvgIpc) is 3.04. The van der Waals surface area contributed by atoms with Crippen LogP contribution in [0.3, 0.4) is 0 Å². The van der Waals surface area contributed by atoms with Gasteiger partial charge in [0.15, 0.2) is 0 Å². The number of nitrogens with zero attached hydrogens (tertiary/aromatic N) is 3. The van der Waals surface area contributed by atoms with Crippen molar-refractivity contribution in [2.24, 2.45) is 5.41 Å². The molecule has 0 saturated carbocycles. The summed E-state index contributed by atoms with van der Waals surface area (Å²) < 4.78 is 1.78. The molecule has 7 nitrogen and oxygen atoms in total. The van der Waals surface area contributed by atoms with Crippen LogP contribution in [0.1, 0.15) is 31.7 Å². The molecular weight excluding hydrogens is 330 g/mol. The number of imide groups is 1. The maximum absolute atomic E-state index is 12.2. The van der Waals surface area contributed by atoms with Crippen LogP contribution in [0.2, 0.25) is 0 Å². The lowest BCUT2D eigenvalue weighted by molar-refractivity contribution is -0.135. The molecule has 0 radical (unpaired) electrons. The van der Waals surface area contributed by atoms with E-state index in [4.69, 9.17) is 0 Å². The van der Waals surface area contributed by atoms with E-state index >= 15 is 0 Å². The zero-order valence-corrected chi connectivity index (χ0v) is 14.7. The maximum Gasteiger partial charge on any atom is 0.251 e. The molecule has 5 rings (SSSR count). The lowest BCUT2D eigenvalue weighted by Crippen LogP contribution is -2.58. The Bertz CT molecular complexity index is 875. The average molecular weight is 353 g/mol. The summed E-state index contributed by atoms with van der Waals surface area (Å²) in [5.41, 5.74) is 2.67. The molecule has 1 aromatic heterocycles. The predicted molar refractivity (Wildman–Crippen MR) is 97.9 cm³/mol. The number of anilines is 1. The number of carbonyl (C=O) groups excluding carboxylic acids is 2. The Labute approximate surface area is 151 Å². The fraction of sp³-hybridized carbons (Fsp3) is 0.526. The molecule has 3 aliphatic heterocycles. The van der Waals surface area contributed by atoms with Gasteiger partial charge in [0.2, 0.25) is 5.91 Å². The van der Waals surface area contributed by atoms with E-state index in [-0.39, 0.29) is 11.8 Å². The Kier molecular flexibility index (Phi) is 3.53. The van der Waals surface area contributed by atoms with E-state index in [1.165, 1.54) is 18.5 Å². The smallest absolute Gasteiger partial charge is 0.251 e. The first kappa shape index (κ1) is 15.8. The van der Waals surface area contributed by atoms with Crippen molar-refractivity contribution in [3.05, 3.63) is 24.4 Å². The van der Waals surface area contributed by atoms with Gasteiger partial charge in [-0.1, -0.05) is 6.07 Å². The van der Waals surface area contributed by atoms with Gasteiger partial charge >= 0.3 is 0 Å². The Morgan fingerprint density at radius 2 is 1.96 bits per heavy atom. The largest absolute Gasteiger partial charge is 0.371 e. The highest BCUT2D eigenvalue weighted by atomic mass is 16.2. The number of benzene rings is 1. The fourth-order valence-corrected chi connectivity index (χ4v) is 4.55. The number of rotatable bonds is 2. The Morgan fingerprint density at radius 1 is 1.15 bits per heavy atom. The van der Waals surface area contributed by atoms with Crippen molar-refractivity contribution < 1.29 is 9.59 Å². The zero-order chi connectivity index (χ0) is 17.7. The minimum Gasteiger partial charge on any atom is -0.371 e. The van der Waals surface area contributed by atoms with E-state index in [0.29, 0.717) is 18.3 Å². The van der Waals surface area contributed by atoms with Crippen LogP contribution in [-0.2, 0) is 9.59 Å². The molecule has 2 N–H and O–H groups in total. The summed E-state index contributed by atoms with van der Waals surface area (Å²) in [6, 6.07) is 5.79. The van der Waals surface area contributed by atoms with Crippen molar-refractivity contribution in [2.45, 2.75) is 31.7 Å². The molecule has 136 valence electrons. The van der Waals surface area contributed by atoms with E-state index in [1.807, 2.05) is 18.3 Å². The number of nitrogens with one attached hydrogen (secondary N) is 2. The molecule has 7 heteroatoms. The van der Waals surface area contributed by atoms with Gasteiger partial charge in [-0.2, -0.15) is 5.10 Å². The highest BCUT2D eigenvalue weighted by molar-refractivity contribution is 6.00. The van der Waals surface area contributed by atoms with Crippen LogP contribution in [0, 0.1) is 5.41 Å². The Morgan fingerprint density at radius 3 is 2.65 bits per heavy atom. The molecule has 0 unspecified atom stereocenters. The molecule has 0 bridgehead atoms. The van der Waals surface area contributed by atoms with Gasteiger partial charge in [0.05, 0.1) is 11.7 Å². The van der Waals surface area contributed by atoms with Crippen LogP contribution in [0.5, 0.6) is 0 Å². The molecule has 3 saturated heterocycles. The first-order valence-corrected chi connectivity index (χ1v) is 9.41. The van der Waals surface area contributed by atoms with Crippen molar-refractivity contribution in [1.29, 1.82) is 0 Å². The minimum absolute atomic E-state index is 0.198. The number of aromatic nitrogens is 2. The Balaban J connectivity index is 1.44. The standard InChI is InChI=1S/C19H23N5O2/c25-17-5-4-16(18(26)22-17)24-15-3-1-2-14(13(15)10-21-24)23-8-6-19(7-9-23)11-20-12-19/h1-3,10,16,20H,4-9,11-12H2,(H,22,25,26)/t16-/m1/s1. The van der Waals surface area contributed by atoms with Crippen LogP contribution in [0.25, 0.3) is 10.9 Å². The van der Waals surface area contributed by atoms with Crippen LogP contribution in [0.4, 0.5) is 5.69 Å². The second-order valence-corrected chi connectivity index (χ2v) is 7.86. The molecule has 26 heavy (non-hydrogen) atoms. The molecule has 1 spiro atoms. The van der Waals surface area contributed by atoms with Crippen molar-refractivity contribution >= 4 is 28.4 Å². The molecule has 2 aromatic rings. The van der Waals surface area contributed by atoms with E-state index in [0.717, 1.165) is 37.1 Å². The molecule has 2 amide bonds. The molecule has 1 atom stereocenters. The molecular formula is C19H23N5O2. The fourth-order valence-electron chi connectivity index (χ4n) is 4.55. The first-order chi connectivity index (χ1) is 12.7. The summed E-state index contributed by atoms with van der Waals surface area (Å²) in [4.78, 5) is 26.1. The lowest BCUT2D eigenvalue weighted by Gasteiger charge is -2.49. The minimum atomic E-state index is -0.411. The van der Waals surface area contributed by atoms with E-state index in [1.54, 1.807) is 4.68 Å². The number of amides is 2. The van der Waals surface area contributed by atoms with Crippen LogP contribution in [0.15, 0.2) is 24.4 Å². The number of piperidine rings is 2. The number of hydrogen-bond acceptors (Lipinski definition) is 5.